The molecule has 0 bridgehead atoms. The summed E-state index contributed by atoms with van der Waals surface area (Å²) in [5, 5.41) is 12.0. The average molecular weight is 380 g/mol. The zero-order valence-electron chi connectivity index (χ0n) is 16.5. The summed E-state index contributed by atoms with van der Waals surface area (Å²) in [6.45, 7) is 2.86. The van der Waals surface area contributed by atoms with Crippen molar-refractivity contribution in [2.75, 3.05) is 26.1 Å². The Hall–Kier alpha value is -3.04. The highest BCUT2D eigenvalue weighted by Gasteiger charge is 2.38. The van der Waals surface area contributed by atoms with Gasteiger partial charge in [0.25, 0.3) is 5.91 Å². The molecule has 1 heterocycles. The Balaban J connectivity index is 1.80. The van der Waals surface area contributed by atoms with Gasteiger partial charge in [0.05, 0.1) is 38.0 Å². The summed E-state index contributed by atoms with van der Waals surface area (Å²) in [5.41, 5.74) is 2.24. The summed E-state index contributed by atoms with van der Waals surface area (Å²) < 4.78 is 11.0. The normalized spacial score (nSPS) is 19.5. The third kappa shape index (κ3) is 4.10. The molecule has 6 nitrogen and oxygen atoms in total. The Morgan fingerprint density at radius 1 is 1.25 bits per heavy atom. The molecule has 2 N–H and O–H groups in total. The minimum Gasteiger partial charge on any atom is -0.497 e. The van der Waals surface area contributed by atoms with Crippen LogP contribution in [-0.2, 0) is 4.79 Å². The van der Waals surface area contributed by atoms with Crippen molar-refractivity contribution in [1.82, 2.24) is 0 Å². The monoisotopic (exact) mass is 380 g/mol. The number of methoxy groups -OCH3 is 2. The number of nitriles is 1. The lowest BCUT2D eigenvalue weighted by Gasteiger charge is -2.28. The fourth-order valence-corrected chi connectivity index (χ4v) is 3.94. The second-order valence-electron chi connectivity index (χ2n) is 7.03. The van der Waals surface area contributed by atoms with Gasteiger partial charge in [0.1, 0.15) is 17.5 Å². The number of carbonyl (C=O) groups excluding carboxylic acids is 1. The molecule has 1 aliphatic heterocycles. The number of quaternary nitrogens is 1. The van der Waals surface area contributed by atoms with E-state index < -0.39 is 0 Å². The number of carbonyl (C=O) groups is 1. The predicted molar refractivity (Wildman–Crippen MR) is 107 cm³/mol. The quantitative estimate of drug-likeness (QED) is 0.807. The van der Waals surface area contributed by atoms with E-state index in [-0.39, 0.29) is 18.0 Å². The van der Waals surface area contributed by atoms with Gasteiger partial charge in [-0.15, -0.1) is 0 Å². The van der Waals surface area contributed by atoms with E-state index in [2.05, 4.69) is 11.4 Å². The van der Waals surface area contributed by atoms with Crippen LogP contribution in [0.1, 0.15) is 36.9 Å². The molecular weight excluding hydrogens is 354 g/mol. The van der Waals surface area contributed by atoms with Crippen molar-refractivity contribution in [2.24, 2.45) is 0 Å². The summed E-state index contributed by atoms with van der Waals surface area (Å²) in [5.74, 6) is 1.55. The van der Waals surface area contributed by atoms with Crippen LogP contribution >= 0.6 is 0 Å². The third-order valence-electron chi connectivity index (χ3n) is 5.43. The fraction of sp³-hybridized carbons (Fsp3) is 0.364. The van der Waals surface area contributed by atoms with Gasteiger partial charge in [-0.05, 0) is 43.3 Å². The van der Waals surface area contributed by atoms with Crippen LogP contribution in [0.3, 0.4) is 0 Å². The van der Waals surface area contributed by atoms with Crippen LogP contribution < -0.4 is 19.7 Å². The Morgan fingerprint density at radius 2 is 2.07 bits per heavy atom. The molecule has 3 atom stereocenters. The number of nitrogens with zero attached hydrogens (tertiary/aromatic N) is 1. The first-order valence-corrected chi connectivity index (χ1v) is 9.46. The molecule has 1 fully saturated rings. The van der Waals surface area contributed by atoms with Gasteiger partial charge in [-0.1, -0.05) is 6.07 Å². The fourth-order valence-electron chi connectivity index (χ4n) is 3.94. The number of hydrogen-bond donors (Lipinski definition) is 2. The molecule has 28 heavy (non-hydrogen) atoms. The number of amides is 1. The SMILES string of the molecule is COc1ccc(OC)c([C@H]2CCC[NH+]2[C@@H](C)C(=O)Nc2cccc(C#N)c2)c1. The molecule has 0 aliphatic carbocycles. The van der Waals surface area contributed by atoms with Crippen LogP contribution in [0.25, 0.3) is 0 Å². The lowest BCUT2D eigenvalue weighted by atomic mass is 10.0. The van der Waals surface area contributed by atoms with Gasteiger partial charge in [0.2, 0.25) is 0 Å². The number of hydrogen-bond acceptors (Lipinski definition) is 4. The lowest BCUT2D eigenvalue weighted by molar-refractivity contribution is -0.932. The number of anilines is 1. The Labute approximate surface area is 165 Å². The van der Waals surface area contributed by atoms with Crippen LogP contribution in [0.5, 0.6) is 11.5 Å². The van der Waals surface area contributed by atoms with Crippen LogP contribution in [-0.4, -0.2) is 32.7 Å². The molecule has 3 rings (SSSR count). The second-order valence-corrected chi connectivity index (χ2v) is 7.03. The molecule has 0 spiro atoms. The number of benzene rings is 2. The third-order valence-corrected chi connectivity index (χ3v) is 5.43. The first-order chi connectivity index (χ1) is 13.6. The van der Waals surface area contributed by atoms with Crippen molar-refractivity contribution in [3.05, 3.63) is 53.6 Å². The highest BCUT2D eigenvalue weighted by molar-refractivity contribution is 5.93. The smallest absolute Gasteiger partial charge is 0.282 e. The summed E-state index contributed by atoms with van der Waals surface area (Å²) >= 11 is 0. The van der Waals surface area contributed by atoms with Gasteiger partial charge in [-0.2, -0.15) is 5.26 Å². The van der Waals surface area contributed by atoms with Gasteiger partial charge < -0.3 is 19.7 Å². The van der Waals surface area contributed by atoms with Gasteiger partial charge in [0.15, 0.2) is 6.04 Å². The van der Waals surface area contributed by atoms with E-state index in [1.54, 1.807) is 38.5 Å². The topological polar surface area (TPSA) is 75.8 Å². The summed E-state index contributed by atoms with van der Waals surface area (Å²) in [7, 11) is 3.31. The summed E-state index contributed by atoms with van der Waals surface area (Å²) in [4.78, 5) is 14.1. The molecule has 2 aromatic rings. The summed E-state index contributed by atoms with van der Waals surface area (Å²) in [6, 6.07) is 14.8. The number of rotatable bonds is 6. The van der Waals surface area contributed by atoms with Crippen molar-refractivity contribution in [1.29, 1.82) is 5.26 Å². The Morgan fingerprint density at radius 3 is 2.79 bits per heavy atom. The van der Waals surface area contributed by atoms with Crippen LogP contribution in [0.2, 0.25) is 0 Å². The number of likely N-dealkylation sites (tertiary alicyclic amines) is 1. The maximum absolute atomic E-state index is 12.9. The van der Waals surface area contributed by atoms with E-state index in [4.69, 9.17) is 14.7 Å². The molecule has 1 saturated heterocycles. The van der Waals surface area contributed by atoms with E-state index in [1.807, 2.05) is 25.1 Å². The molecule has 0 saturated carbocycles. The molecule has 1 unspecified atom stereocenters. The highest BCUT2D eigenvalue weighted by atomic mass is 16.5. The summed E-state index contributed by atoms with van der Waals surface area (Å²) in [6.07, 6.45) is 2.03. The van der Waals surface area contributed by atoms with E-state index in [0.717, 1.165) is 36.4 Å². The Kier molecular flexibility index (Phi) is 6.17. The Bertz CT molecular complexity index is 891. The molecule has 6 heteroatoms. The highest BCUT2D eigenvalue weighted by Crippen LogP contribution is 2.32. The van der Waals surface area contributed by atoms with E-state index >= 15 is 0 Å². The maximum Gasteiger partial charge on any atom is 0.282 e. The van der Waals surface area contributed by atoms with Crippen LogP contribution in [0.15, 0.2) is 42.5 Å². The molecule has 0 aromatic heterocycles. The van der Waals surface area contributed by atoms with Crippen molar-refractivity contribution >= 4 is 11.6 Å². The zero-order chi connectivity index (χ0) is 20.1. The second kappa shape index (κ2) is 8.77. The minimum atomic E-state index is -0.242. The van der Waals surface area contributed by atoms with E-state index in [0.29, 0.717) is 11.3 Å². The first-order valence-electron chi connectivity index (χ1n) is 9.46. The van der Waals surface area contributed by atoms with E-state index in [1.165, 1.54) is 4.90 Å². The van der Waals surface area contributed by atoms with Crippen molar-refractivity contribution in [3.8, 4) is 17.6 Å². The standard InChI is InChI=1S/C22H25N3O3/c1-15(22(26)24-17-7-4-6-16(12-17)14-23)25-11-5-8-20(25)19-13-18(27-2)9-10-21(19)28-3/h4,6-7,9-10,12-13,15,20H,5,8,11H2,1-3H3,(H,24,26)/p+1/t15-,20+/m0/s1. The molecule has 1 amide bonds. The van der Waals surface area contributed by atoms with Crippen molar-refractivity contribution in [2.45, 2.75) is 31.8 Å². The number of nitrogens with one attached hydrogen (secondary N) is 2. The van der Waals surface area contributed by atoms with Crippen LogP contribution in [0.4, 0.5) is 5.69 Å². The average Bonchev–Trinajstić information content (AvgIpc) is 3.22. The zero-order valence-corrected chi connectivity index (χ0v) is 16.5. The maximum atomic E-state index is 12.9. The molecule has 2 aromatic carbocycles. The predicted octanol–water partition coefficient (Wildman–Crippen LogP) is 2.32. The first kappa shape index (κ1) is 19.7. The van der Waals surface area contributed by atoms with Gasteiger partial charge in [-0.25, -0.2) is 0 Å². The van der Waals surface area contributed by atoms with Gasteiger partial charge in [0, 0.05) is 18.5 Å². The van der Waals surface area contributed by atoms with Crippen molar-refractivity contribution < 1.29 is 19.2 Å². The molecule has 146 valence electrons. The molecule has 1 aliphatic rings. The van der Waals surface area contributed by atoms with Gasteiger partial charge in [-0.3, -0.25) is 4.79 Å². The van der Waals surface area contributed by atoms with Crippen LogP contribution in [0, 0.1) is 11.3 Å². The number of ether oxygens (including phenoxy) is 2. The largest absolute Gasteiger partial charge is 0.497 e. The minimum absolute atomic E-state index is 0.0566. The van der Waals surface area contributed by atoms with Gasteiger partial charge >= 0.3 is 0 Å². The van der Waals surface area contributed by atoms with Crippen molar-refractivity contribution in [3.63, 3.8) is 0 Å². The lowest BCUT2D eigenvalue weighted by Crippen LogP contribution is -3.15. The van der Waals surface area contributed by atoms with E-state index in [9.17, 15) is 4.79 Å². The molecule has 0 radical (unpaired) electrons. The molecular formula is C22H26N3O3+.